The van der Waals surface area contributed by atoms with E-state index in [1.807, 2.05) is 6.07 Å². The lowest BCUT2D eigenvalue weighted by Crippen LogP contribution is -2.15. The molecule has 1 unspecified atom stereocenters. The highest BCUT2D eigenvalue weighted by Crippen LogP contribution is 2.15. The van der Waals surface area contributed by atoms with Crippen LogP contribution in [0.15, 0.2) is 24.3 Å². The number of hydrogen-bond acceptors (Lipinski definition) is 2. The fraction of sp³-hybridized carbons (Fsp3) is 0.273. The number of hydrogen-bond donors (Lipinski definition) is 2. The van der Waals surface area contributed by atoms with Gasteiger partial charge in [0.25, 0.3) is 0 Å². The van der Waals surface area contributed by atoms with Gasteiger partial charge < -0.3 is 10.4 Å². The Bertz CT molecular complexity index is 406. The van der Waals surface area contributed by atoms with Gasteiger partial charge in [0.05, 0.1) is 0 Å². The van der Waals surface area contributed by atoms with Crippen LogP contribution < -0.4 is 5.32 Å². The molecule has 4 nitrogen and oxygen atoms in total. The highest BCUT2D eigenvalue weighted by molar-refractivity contribution is 9.10. The van der Waals surface area contributed by atoms with Crippen molar-refractivity contribution in [3.63, 3.8) is 0 Å². The maximum absolute atomic E-state index is 10.8. The van der Waals surface area contributed by atoms with E-state index >= 15 is 0 Å². The van der Waals surface area contributed by atoms with Crippen molar-refractivity contribution in [2.45, 2.75) is 18.2 Å². The van der Waals surface area contributed by atoms with Gasteiger partial charge in [0, 0.05) is 12.6 Å². The number of carbonyl (C=O) groups excluding carboxylic acids is 1. The summed E-state index contributed by atoms with van der Waals surface area (Å²) in [5.41, 5.74) is 1.53. The highest BCUT2D eigenvalue weighted by Gasteiger charge is 2.13. The van der Waals surface area contributed by atoms with Crippen LogP contribution in [-0.4, -0.2) is 21.8 Å². The molecular weight excluding hydrogens is 274 g/mol. The quantitative estimate of drug-likeness (QED) is 0.832. The van der Waals surface area contributed by atoms with Crippen LogP contribution >= 0.6 is 15.9 Å². The Kier molecular flexibility index (Phi) is 4.49. The first-order chi connectivity index (χ1) is 7.49. The zero-order valence-corrected chi connectivity index (χ0v) is 10.3. The number of halogens is 1. The zero-order chi connectivity index (χ0) is 12.1. The summed E-state index contributed by atoms with van der Waals surface area (Å²) in [6.07, 6.45) is 0.378. The summed E-state index contributed by atoms with van der Waals surface area (Å²) in [7, 11) is 0. The minimum Gasteiger partial charge on any atom is -0.480 e. The molecular formula is C11H12BrNO3. The fourth-order valence-electron chi connectivity index (χ4n) is 1.27. The molecule has 1 rings (SSSR count). The molecule has 0 aliphatic rings. The van der Waals surface area contributed by atoms with Crippen molar-refractivity contribution >= 4 is 33.5 Å². The molecule has 1 amide bonds. The average Bonchev–Trinajstić information content (AvgIpc) is 2.16. The maximum Gasteiger partial charge on any atom is 0.317 e. The van der Waals surface area contributed by atoms with Gasteiger partial charge in [-0.05, 0) is 24.1 Å². The lowest BCUT2D eigenvalue weighted by molar-refractivity contribution is -0.136. The van der Waals surface area contributed by atoms with Crippen LogP contribution in [-0.2, 0) is 16.0 Å². The maximum atomic E-state index is 10.8. The second kappa shape index (κ2) is 5.65. The van der Waals surface area contributed by atoms with Gasteiger partial charge in [-0.15, -0.1) is 0 Å². The number of carboxylic acids is 1. The number of benzene rings is 1. The fourth-order valence-corrected chi connectivity index (χ4v) is 1.65. The monoisotopic (exact) mass is 285 g/mol. The second-order valence-electron chi connectivity index (χ2n) is 3.39. The molecule has 86 valence electrons. The molecule has 0 aliphatic heterocycles. The molecule has 1 aromatic carbocycles. The first-order valence-corrected chi connectivity index (χ1v) is 5.64. The third-order valence-corrected chi connectivity index (χ3v) is 2.65. The number of carbonyl (C=O) groups is 2. The van der Waals surface area contributed by atoms with Crippen molar-refractivity contribution < 1.29 is 14.7 Å². The number of aliphatic carboxylic acids is 1. The van der Waals surface area contributed by atoms with Crippen LogP contribution in [0.25, 0.3) is 0 Å². The van der Waals surface area contributed by atoms with Crippen LogP contribution in [0.4, 0.5) is 5.69 Å². The Labute approximate surface area is 102 Å². The SMILES string of the molecule is CC(=O)Nc1cccc(CC(Br)C(=O)O)c1. The Morgan fingerprint density at radius 3 is 2.75 bits per heavy atom. The van der Waals surface area contributed by atoms with Crippen molar-refractivity contribution in [1.29, 1.82) is 0 Å². The Balaban J connectivity index is 2.74. The number of nitrogens with one attached hydrogen (secondary N) is 1. The van der Waals surface area contributed by atoms with E-state index in [9.17, 15) is 9.59 Å². The smallest absolute Gasteiger partial charge is 0.317 e. The van der Waals surface area contributed by atoms with Crippen molar-refractivity contribution in [2.24, 2.45) is 0 Å². The molecule has 0 radical (unpaired) electrons. The summed E-state index contributed by atoms with van der Waals surface area (Å²) in [5.74, 6) is -1.05. The van der Waals surface area contributed by atoms with Crippen molar-refractivity contribution in [2.75, 3.05) is 5.32 Å². The zero-order valence-electron chi connectivity index (χ0n) is 8.74. The van der Waals surface area contributed by atoms with Gasteiger partial charge in [-0.1, -0.05) is 28.1 Å². The van der Waals surface area contributed by atoms with Crippen molar-refractivity contribution in [3.05, 3.63) is 29.8 Å². The van der Waals surface area contributed by atoms with E-state index in [1.54, 1.807) is 18.2 Å². The minimum absolute atomic E-state index is 0.147. The van der Waals surface area contributed by atoms with E-state index in [4.69, 9.17) is 5.11 Å². The molecule has 0 aromatic heterocycles. The minimum atomic E-state index is -0.898. The first-order valence-electron chi connectivity index (χ1n) is 4.72. The van der Waals surface area contributed by atoms with Gasteiger partial charge in [0.2, 0.25) is 5.91 Å². The Morgan fingerprint density at radius 2 is 2.19 bits per heavy atom. The molecule has 2 N–H and O–H groups in total. The largest absolute Gasteiger partial charge is 0.480 e. The van der Waals surface area contributed by atoms with Gasteiger partial charge in [-0.25, -0.2) is 0 Å². The first kappa shape index (κ1) is 12.7. The number of carboxylic acid groups (broad SMARTS) is 1. The van der Waals surface area contributed by atoms with E-state index in [-0.39, 0.29) is 5.91 Å². The van der Waals surface area contributed by atoms with Crippen molar-refractivity contribution in [3.8, 4) is 0 Å². The van der Waals surface area contributed by atoms with Gasteiger partial charge in [0.15, 0.2) is 0 Å². The lowest BCUT2D eigenvalue weighted by atomic mass is 10.1. The molecule has 1 aromatic rings. The standard InChI is InChI=1S/C11H12BrNO3/c1-7(14)13-9-4-2-3-8(5-9)6-10(12)11(15)16/h2-5,10H,6H2,1H3,(H,13,14)(H,15,16). The van der Waals surface area contributed by atoms with E-state index < -0.39 is 10.8 Å². The van der Waals surface area contributed by atoms with Crippen molar-refractivity contribution in [1.82, 2.24) is 0 Å². The second-order valence-corrected chi connectivity index (χ2v) is 4.50. The van der Waals surface area contributed by atoms with E-state index in [0.717, 1.165) is 5.56 Å². The molecule has 1 atom stereocenters. The van der Waals surface area contributed by atoms with Crippen LogP contribution in [0.2, 0.25) is 0 Å². The molecule has 0 heterocycles. The summed E-state index contributed by atoms with van der Waals surface area (Å²) in [6, 6.07) is 7.12. The average molecular weight is 286 g/mol. The number of anilines is 1. The molecule has 5 heteroatoms. The summed E-state index contributed by atoms with van der Waals surface area (Å²) in [4.78, 5) is 20.9. The number of rotatable bonds is 4. The number of amides is 1. The van der Waals surface area contributed by atoms with Crippen LogP contribution in [0.5, 0.6) is 0 Å². The molecule has 0 fully saturated rings. The molecule has 0 saturated heterocycles. The predicted octanol–water partition coefficient (Wildman–Crippen LogP) is 2.04. The van der Waals surface area contributed by atoms with Gasteiger partial charge in [0.1, 0.15) is 4.83 Å². The van der Waals surface area contributed by atoms with E-state index in [1.165, 1.54) is 6.92 Å². The molecule has 16 heavy (non-hydrogen) atoms. The normalized spacial score (nSPS) is 11.9. The highest BCUT2D eigenvalue weighted by atomic mass is 79.9. The van der Waals surface area contributed by atoms with Gasteiger partial charge >= 0.3 is 5.97 Å². The summed E-state index contributed by atoms with van der Waals surface area (Å²) < 4.78 is 0. The predicted molar refractivity (Wildman–Crippen MR) is 64.8 cm³/mol. The lowest BCUT2D eigenvalue weighted by Gasteiger charge is -2.07. The third kappa shape index (κ3) is 4.02. The third-order valence-electron chi connectivity index (χ3n) is 1.93. The Hall–Kier alpha value is -1.36. The molecule has 0 bridgehead atoms. The molecule has 0 spiro atoms. The van der Waals surface area contributed by atoms with Gasteiger partial charge in [-0.2, -0.15) is 0 Å². The van der Waals surface area contributed by atoms with Crippen LogP contribution in [0, 0.1) is 0 Å². The molecule has 0 saturated carbocycles. The topological polar surface area (TPSA) is 66.4 Å². The summed E-state index contributed by atoms with van der Waals surface area (Å²) in [6.45, 7) is 1.43. The number of alkyl halides is 1. The van der Waals surface area contributed by atoms with Crippen LogP contribution in [0.3, 0.4) is 0 Å². The summed E-state index contributed by atoms with van der Waals surface area (Å²) in [5, 5.41) is 11.4. The molecule has 0 aliphatic carbocycles. The van der Waals surface area contributed by atoms with E-state index in [0.29, 0.717) is 12.1 Å². The Morgan fingerprint density at radius 1 is 1.50 bits per heavy atom. The van der Waals surface area contributed by atoms with E-state index in [2.05, 4.69) is 21.2 Å². The van der Waals surface area contributed by atoms with Gasteiger partial charge in [-0.3, -0.25) is 9.59 Å². The van der Waals surface area contributed by atoms with Crippen LogP contribution in [0.1, 0.15) is 12.5 Å². The summed E-state index contributed by atoms with van der Waals surface area (Å²) >= 11 is 3.07.